The monoisotopic (exact) mass is 237 g/mol. The molecule has 0 aliphatic heterocycles. The average molecular weight is 237 g/mol. The molecule has 0 unspecified atom stereocenters. The molecule has 0 atom stereocenters. The minimum absolute atomic E-state index is 0.971. The Bertz CT molecular complexity index is 550. The highest BCUT2D eigenvalue weighted by Crippen LogP contribution is 2.26. The van der Waals surface area contributed by atoms with Gasteiger partial charge in [0.25, 0.3) is 0 Å². The van der Waals surface area contributed by atoms with Gasteiger partial charge < -0.3 is 0 Å². The van der Waals surface area contributed by atoms with E-state index in [0.717, 1.165) is 12.1 Å². The van der Waals surface area contributed by atoms with Gasteiger partial charge in [-0.3, -0.25) is 4.99 Å². The lowest BCUT2D eigenvalue weighted by atomic mass is 10.0. The molecule has 18 heavy (non-hydrogen) atoms. The maximum absolute atomic E-state index is 4.45. The van der Waals surface area contributed by atoms with E-state index in [9.17, 15) is 0 Å². The molecule has 2 rings (SSSR count). The van der Waals surface area contributed by atoms with E-state index < -0.39 is 0 Å². The summed E-state index contributed by atoms with van der Waals surface area (Å²) >= 11 is 0. The minimum Gasteiger partial charge on any atom is -0.261 e. The van der Waals surface area contributed by atoms with Gasteiger partial charge in [0.15, 0.2) is 0 Å². The molecule has 0 saturated heterocycles. The molecule has 92 valence electrons. The average Bonchev–Trinajstić information content (AvgIpc) is 2.38. The molecular weight excluding hydrogens is 218 g/mol. The molecule has 0 aromatic heterocycles. The van der Waals surface area contributed by atoms with Gasteiger partial charge in [-0.1, -0.05) is 42.8 Å². The fourth-order valence-corrected chi connectivity index (χ4v) is 1.92. The predicted octanol–water partition coefficient (Wildman–Crippen LogP) is 5.08. The maximum Gasteiger partial charge on any atom is 0.0655 e. The highest BCUT2D eigenvalue weighted by molar-refractivity contribution is 5.70. The van der Waals surface area contributed by atoms with Crippen molar-refractivity contribution in [1.29, 1.82) is 0 Å². The first-order valence-electron chi connectivity index (χ1n) is 6.41. The molecule has 0 saturated carbocycles. The van der Waals surface area contributed by atoms with Crippen molar-refractivity contribution >= 4 is 11.9 Å². The first-order valence-corrected chi connectivity index (χ1v) is 6.41. The van der Waals surface area contributed by atoms with Crippen LogP contribution < -0.4 is 0 Å². The summed E-state index contributed by atoms with van der Waals surface area (Å²) in [6, 6.07) is 15.1. The Labute approximate surface area is 109 Å². The molecule has 0 spiro atoms. The van der Waals surface area contributed by atoms with Gasteiger partial charge in [-0.15, -0.1) is 0 Å². The summed E-state index contributed by atoms with van der Waals surface area (Å²) in [5.74, 6) is 0. The van der Waals surface area contributed by atoms with Gasteiger partial charge in [-0.2, -0.15) is 0 Å². The SMILES string of the molecule is CCC=Nc1ccc(-c2ccc(C)cc2)cc1C. The van der Waals surface area contributed by atoms with Crippen LogP contribution in [0.3, 0.4) is 0 Å². The van der Waals surface area contributed by atoms with Gasteiger partial charge in [0.05, 0.1) is 5.69 Å². The van der Waals surface area contributed by atoms with Crippen LogP contribution in [0.5, 0.6) is 0 Å². The van der Waals surface area contributed by atoms with E-state index in [1.54, 1.807) is 0 Å². The second kappa shape index (κ2) is 5.63. The third kappa shape index (κ3) is 2.86. The van der Waals surface area contributed by atoms with Crippen molar-refractivity contribution in [3.05, 3.63) is 53.6 Å². The zero-order valence-corrected chi connectivity index (χ0v) is 11.3. The molecule has 1 nitrogen and oxygen atoms in total. The van der Waals surface area contributed by atoms with Gasteiger partial charge in [0.2, 0.25) is 0 Å². The Morgan fingerprint density at radius 2 is 1.61 bits per heavy atom. The lowest BCUT2D eigenvalue weighted by Gasteiger charge is -2.06. The van der Waals surface area contributed by atoms with Crippen LogP contribution in [-0.2, 0) is 0 Å². The Morgan fingerprint density at radius 3 is 2.22 bits per heavy atom. The Morgan fingerprint density at radius 1 is 0.944 bits per heavy atom. The van der Waals surface area contributed by atoms with Gasteiger partial charge in [0, 0.05) is 6.21 Å². The number of hydrogen-bond donors (Lipinski definition) is 0. The number of benzene rings is 2. The normalized spacial score (nSPS) is 11.1. The Balaban J connectivity index is 2.34. The van der Waals surface area contributed by atoms with Crippen molar-refractivity contribution in [3.8, 4) is 11.1 Å². The lowest BCUT2D eigenvalue weighted by Crippen LogP contribution is -1.82. The summed E-state index contributed by atoms with van der Waals surface area (Å²) in [5, 5.41) is 0. The Kier molecular flexibility index (Phi) is 3.93. The zero-order chi connectivity index (χ0) is 13.0. The molecule has 2 aromatic rings. The molecular formula is C17H19N. The van der Waals surface area contributed by atoms with E-state index >= 15 is 0 Å². The fraction of sp³-hybridized carbons (Fsp3) is 0.235. The smallest absolute Gasteiger partial charge is 0.0655 e. The van der Waals surface area contributed by atoms with Crippen LogP contribution in [0, 0.1) is 13.8 Å². The molecule has 0 aliphatic carbocycles. The highest BCUT2D eigenvalue weighted by atomic mass is 14.7. The van der Waals surface area contributed by atoms with Crippen LogP contribution in [0.2, 0.25) is 0 Å². The summed E-state index contributed by atoms with van der Waals surface area (Å²) in [7, 11) is 0. The topological polar surface area (TPSA) is 12.4 Å². The number of aryl methyl sites for hydroxylation is 2. The summed E-state index contributed by atoms with van der Waals surface area (Å²) in [4.78, 5) is 4.45. The quantitative estimate of drug-likeness (QED) is 0.660. The first kappa shape index (κ1) is 12.6. The van der Waals surface area contributed by atoms with E-state index in [4.69, 9.17) is 0 Å². The van der Waals surface area contributed by atoms with Crippen LogP contribution in [0.4, 0.5) is 5.69 Å². The number of hydrogen-bond acceptors (Lipinski definition) is 1. The summed E-state index contributed by atoms with van der Waals surface area (Å²) in [6.07, 6.45) is 2.92. The van der Waals surface area contributed by atoms with Crippen LogP contribution in [0.1, 0.15) is 24.5 Å². The first-order chi connectivity index (χ1) is 8.70. The zero-order valence-electron chi connectivity index (χ0n) is 11.3. The minimum atomic E-state index is 0.971. The lowest BCUT2D eigenvalue weighted by molar-refractivity contribution is 1.30. The molecule has 1 heteroatoms. The molecule has 0 bridgehead atoms. The molecule has 0 fully saturated rings. The maximum atomic E-state index is 4.45. The number of rotatable bonds is 3. The largest absolute Gasteiger partial charge is 0.261 e. The third-order valence-electron chi connectivity index (χ3n) is 2.99. The van der Waals surface area contributed by atoms with E-state index in [1.165, 1.54) is 22.3 Å². The van der Waals surface area contributed by atoms with Crippen LogP contribution >= 0.6 is 0 Å². The molecule has 2 aromatic carbocycles. The standard InChI is InChI=1S/C17H19N/c1-4-11-18-17-10-9-16(12-14(17)3)15-7-5-13(2)6-8-15/h5-12H,4H2,1-3H3. The molecule has 0 heterocycles. The van der Waals surface area contributed by atoms with Crippen molar-refractivity contribution in [3.63, 3.8) is 0 Å². The van der Waals surface area contributed by atoms with Crippen molar-refractivity contribution in [2.45, 2.75) is 27.2 Å². The van der Waals surface area contributed by atoms with E-state index in [1.807, 2.05) is 6.21 Å². The fourth-order valence-electron chi connectivity index (χ4n) is 1.92. The predicted molar refractivity (Wildman–Crippen MR) is 79.8 cm³/mol. The highest BCUT2D eigenvalue weighted by Gasteiger charge is 2.01. The summed E-state index contributed by atoms with van der Waals surface area (Å²) < 4.78 is 0. The van der Waals surface area contributed by atoms with Gasteiger partial charge >= 0.3 is 0 Å². The van der Waals surface area contributed by atoms with Gasteiger partial charge in [0.1, 0.15) is 0 Å². The Hall–Kier alpha value is -1.89. The van der Waals surface area contributed by atoms with Crippen LogP contribution in [0.25, 0.3) is 11.1 Å². The summed E-state index contributed by atoms with van der Waals surface area (Å²) in [5.41, 5.74) is 6.09. The molecule has 0 N–H and O–H groups in total. The second-order valence-corrected chi connectivity index (χ2v) is 4.59. The van der Waals surface area contributed by atoms with Gasteiger partial charge in [-0.05, 0) is 49.1 Å². The molecule has 0 aliphatic rings. The molecule has 0 amide bonds. The van der Waals surface area contributed by atoms with Crippen molar-refractivity contribution in [2.24, 2.45) is 4.99 Å². The van der Waals surface area contributed by atoms with Crippen LogP contribution in [-0.4, -0.2) is 6.21 Å². The third-order valence-corrected chi connectivity index (χ3v) is 2.99. The van der Waals surface area contributed by atoms with E-state index in [0.29, 0.717) is 0 Å². The second-order valence-electron chi connectivity index (χ2n) is 4.59. The number of nitrogens with zero attached hydrogens (tertiary/aromatic N) is 1. The van der Waals surface area contributed by atoms with Crippen molar-refractivity contribution in [1.82, 2.24) is 0 Å². The van der Waals surface area contributed by atoms with Crippen molar-refractivity contribution in [2.75, 3.05) is 0 Å². The van der Waals surface area contributed by atoms with Gasteiger partial charge in [-0.25, -0.2) is 0 Å². The van der Waals surface area contributed by atoms with Crippen molar-refractivity contribution < 1.29 is 0 Å². The van der Waals surface area contributed by atoms with E-state index in [-0.39, 0.29) is 0 Å². The summed E-state index contributed by atoms with van der Waals surface area (Å²) in [6.45, 7) is 6.32. The number of aliphatic imine (C=N–C) groups is 1. The van der Waals surface area contributed by atoms with E-state index in [2.05, 4.69) is 68.2 Å². The van der Waals surface area contributed by atoms with Crippen LogP contribution in [0.15, 0.2) is 47.5 Å². The molecule has 0 radical (unpaired) electrons.